The van der Waals surface area contributed by atoms with Gasteiger partial charge in [-0.3, -0.25) is 4.79 Å². The summed E-state index contributed by atoms with van der Waals surface area (Å²) in [6.07, 6.45) is 3.92. The number of anilines is 1. The number of amides is 1. The lowest BCUT2D eigenvalue weighted by Gasteiger charge is -2.05. The van der Waals surface area contributed by atoms with Crippen LogP contribution >= 0.6 is 11.6 Å². The summed E-state index contributed by atoms with van der Waals surface area (Å²) in [6.45, 7) is 0.317. The lowest BCUT2D eigenvalue weighted by molar-refractivity contribution is -0.115. The van der Waals surface area contributed by atoms with Gasteiger partial charge in [-0.1, -0.05) is 11.6 Å². The molecule has 0 bridgehead atoms. The van der Waals surface area contributed by atoms with Gasteiger partial charge >= 0.3 is 0 Å². The highest BCUT2D eigenvalue weighted by Crippen LogP contribution is 2.19. The van der Waals surface area contributed by atoms with Gasteiger partial charge in [0.05, 0.1) is 11.6 Å². The molecule has 2 N–H and O–H groups in total. The smallest absolute Gasteiger partial charge is 0.239 e. The van der Waals surface area contributed by atoms with E-state index in [4.69, 9.17) is 11.6 Å². The molecule has 0 saturated heterocycles. The predicted molar refractivity (Wildman–Crippen MR) is 58.9 cm³/mol. The van der Waals surface area contributed by atoms with Crippen molar-refractivity contribution >= 4 is 23.3 Å². The van der Waals surface area contributed by atoms with Gasteiger partial charge in [0.15, 0.2) is 5.82 Å². The average molecular weight is 226 g/mol. The molecule has 0 unspecified atom stereocenters. The second-order valence-electron chi connectivity index (χ2n) is 3.54. The number of carbonyl (C=O) groups excluding carboxylic acids is 1. The Balaban J connectivity index is 1.84. The standard InChI is InChI=1S/C10H12ClN3O/c11-8-2-1-5-12-10(8)14-9(15)6-13-7-3-4-7/h1-2,5,7,13H,3-4,6H2,(H,12,14,15). The van der Waals surface area contributed by atoms with Gasteiger partial charge in [-0.2, -0.15) is 0 Å². The average Bonchev–Trinajstić information content (AvgIpc) is 3.02. The second kappa shape index (κ2) is 4.59. The van der Waals surface area contributed by atoms with Crippen molar-refractivity contribution in [1.82, 2.24) is 10.3 Å². The summed E-state index contributed by atoms with van der Waals surface area (Å²) in [5, 5.41) is 6.22. The van der Waals surface area contributed by atoms with Gasteiger partial charge in [0.25, 0.3) is 0 Å². The molecule has 4 nitrogen and oxygen atoms in total. The molecule has 15 heavy (non-hydrogen) atoms. The second-order valence-corrected chi connectivity index (χ2v) is 3.94. The zero-order chi connectivity index (χ0) is 10.7. The van der Waals surface area contributed by atoms with E-state index in [0.717, 1.165) is 12.8 Å². The number of nitrogens with one attached hydrogen (secondary N) is 2. The van der Waals surface area contributed by atoms with Gasteiger partial charge in [-0.25, -0.2) is 4.98 Å². The molecule has 1 saturated carbocycles. The fourth-order valence-electron chi connectivity index (χ4n) is 1.18. The van der Waals surface area contributed by atoms with Gasteiger partial charge in [-0.15, -0.1) is 0 Å². The number of hydrogen-bond donors (Lipinski definition) is 2. The Morgan fingerprint density at radius 2 is 2.40 bits per heavy atom. The third-order valence-corrected chi connectivity index (χ3v) is 2.45. The minimum atomic E-state index is -0.109. The molecule has 0 atom stereocenters. The van der Waals surface area contributed by atoms with Crippen molar-refractivity contribution in [2.24, 2.45) is 0 Å². The van der Waals surface area contributed by atoms with Crippen molar-refractivity contribution in [1.29, 1.82) is 0 Å². The predicted octanol–water partition coefficient (Wildman–Crippen LogP) is 1.43. The fourth-order valence-corrected chi connectivity index (χ4v) is 1.35. The van der Waals surface area contributed by atoms with Crippen LogP contribution in [0.4, 0.5) is 5.82 Å². The van der Waals surface area contributed by atoms with Crippen LogP contribution in [0.5, 0.6) is 0 Å². The topological polar surface area (TPSA) is 54.0 Å². The number of hydrogen-bond acceptors (Lipinski definition) is 3. The molecule has 5 heteroatoms. The molecule has 1 heterocycles. The third-order valence-electron chi connectivity index (χ3n) is 2.14. The molecule has 1 aromatic heterocycles. The first-order chi connectivity index (χ1) is 7.25. The number of carbonyl (C=O) groups is 1. The number of nitrogens with zero attached hydrogens (tertiary/aromatic N) is 1. The van der Waals surface area contributed by atoms with Gasteiger partial charge < -0.3 is 10.6 Å². The summed E-state index contributed by atoms with van der Waals surface area (Å²) in [6, 6.07) is 3.94. The van der Waals surface area contributed by atoms with E-state index >= 15 is 0 Å². The number of rotatable bonds is 4. The van der Waals surface area contributed by atoms with E-state index in [2.05, 4.69) is 15.6 Å². The zero-order valence-corrected chi connectivity index (χ0v) is 8.92. The van der Waals surface area contributed by atoms with Crippen molar-refractivity contribution in [3.63, 3.8) is 0 Å². The Hall–Kier alpha value is -1.13. The normalized spacial score (nSPS) is 15.0. The quantitative estimate of drug-likeness (QED) is 0.815. The number of halogens is 1. The molecule has 80 valence electrons. The van der Waals surface area contributed by atoms with Crippen molar-refractivity contribution in [2.75, 3.05) is 11.9 Å². The molecular formula is C10H12ClN3O. The van der Waals surface area contributed by atoms with E-state index in [1.54, 1.807) is 18.3 Å². The summed E-state index contributed by atoms with van der Waals surface area (Å²) in [5.74, 6) is 0.310. The van der Waals surface area contributed by atoms with Crippen molar-refractivity contribution < 1.29 is 4.79 Å². The largest absolute Gasteiger partial charge is 0.308 e. The van der Waals surface area contributed by atoms with Crippen molar-refractivity contribution in [2.45, 2.75) is 18.9 Å². The van der Waals surface area contributed by atoms with E-state index in [0.29, 0.717) is 23.4 Å². The van der Waals surface area contributed by atoms with Crippen LogP contribution < -0.4 is 10.6 Å². The maximum absolute atomic E-state index is 11.4. The molecule has 2 rings (SSSR count). The first-order valence-electron chi connectivity index (χ1n) is 4.89. The van der Waals surface area contributed by atoms with Crippen LogP contribution in [0.3, 0.4) is 0 Å². The van der Waals surface area contributed by atoms with E-state index in [1.807, 2.05) is 0 Å². The number of pyridine rings is 1. The highest BCUT2D eigenvalue weighted by atomic mass is 35.5. The number of aromatic nitrogens is 1. The van der Waals surface area contributed by atoms with E-state index in [-0.39, 0.29) is 5.91 Å². The van der Waals surface area contributed by atoms with Crippen molar-refractivity contribution in [3.05, 3.63) is 23.4 Å². The monoisotopic (exact) mass is 225 g/mol. The maximum Gasteiger partial charge on any atom is 0.239 e. The van der Waals surface area contributed by atoms with Crippen molar-refractivity contribution in [3.8, 4) is 0 Å². The van der Waals surface area contributed by atoms with Gasteiger partial charge in [0.1, 0.15) is 0 Å². The summed E-state index contributed by atoms with van der Waals surface area (Å²) < 4.78 is 0. The minimum absolute atomic E-state index is 0.109. The summed E-state index contributed by atoms with van der Waals surface area (Å²) in [4.78, 5) is 15.4. The molecule has 1 aliphatic rings. The van der Waals surface area contributed by atoms with Gasteiger partial charge in [0.2, 0.25) is 5.91 Å². The van der Waals surface area contributed by atoms with E-state index in [9.17, 15) is 4.79 Å². The first kappa shape index (κ1) is 10.4. The van der Waals surface area contributed by atoms with Crippen LogP contribution in [0.2, 0.25) is 5.02 Å². The molecule has 1 aliphatic carbocycles. The third kappa shape index (κ3) is 3.18. The molecule has 1 fully saturated rings. The molecule has 0 aliphatic heterocycles. The molecule has 0 spiro atoms. The molecule has 1 aromatic rings. The molecule has 0 aromatic carbocycles. The Morgan fingerprint density at radius 1 is 1.60 bits per heavy atom. The first-order valence-corrected chi connectivity index (χ1v) is 5.27. The van der Waals surface area contributed by atoms with Crippen LogP contribution in [-0.4, -0.2) is 23.5 Å². The summed E-state index contributed by atoms with van der Waals surface area (Å²) in [7, 11) is 0. The summed E-state index contributed by atoms with van der Waals surface area (Å²) in [5.41, 5.74) is 0. The van der Waals surface area contributed by atoms with Crippen LogP contribution in [0, 0.1) is 0 Å². The van der Waals surface area contributed by atoms with E-state index in [1.165, 1.54) is 0 Å². The zero-order valence-electron chi connectivity index (χ0n) is 8.16. The molecular weight excluding hydrogens is 214 g/mol. The van der Waals surface area contributed by atoms with E-state index < -0.39 is 0 Å². The maximum atomic E-state index is 11.4. The lowest BCUT2D eigenvalue weighted by atomic mass is 10.4. The van der Waals surface area contributed by atoms with Crippen LogP contribution in [-0.2, 0) is 4.79 Å². The summed E-state index contributed by atoms with van der Waals surface area (Å²) >= 11 is 5.85. The Kier molecular flexibility index (Phi) is 3.18. The van der Waals surface area contributed by atoms with Gasteiger partial charge in [-0.05, 0) is 25.0 Å². The van der Waals surface area contributed by atoms with Crippen LogP contribution in [0.15, 0.2) is 18.3 Å². The highest BCUT2D eigenvalue weighted by Gasteiger charge is 2.21. The fraction of sp³-hybridized carbons (Fsp3) is 0.400. The highest BCUT2D eigenvalue weighted by molar-refractivity contribution is 6.33. The Morgan fingerprint density at radius 3 is 3.07 bits per heavy atom. The molecule has 1 amide bonds. The SMILES string of the molecule is O=C(CNC1CC1)Nc1ncccc1Cl. The Bertz CT molecular complexity index is 365. The van der Waals surface area contributed by atoms with Crippen LogP contribution in [0.1, 0.15) is 12.8 Å². The lowest BCUT2D eigenvalue weighted by Crippen LogP contribution is -2.29. The molecule has 0 radical (unpaired) electrons. The minimum Gasteiger partial charge on any atom is -0.308 e. The van der Waals surface area contributed by atoms with Gasteiger partial charge in [0, 0.05) is 12.2 Å². The van der Waals surface area contributed by atoms with Crippen LogP contribution in [0.25, 0.3) is 0 Å². The Labute approximate surface area is 93.0 Å².